The number of aliphatic imine (C=N–C) groups is 1. The number of halogens is 1. The Morgan fingerprint density at radius 3 is 2.68 bits per heavy atom. The molecule has 0 unspecified atom stereocenters. The lowest BCUT2D eigenvalue weighted by atomic mass is 9.99. The highest BCUT2D eigenvalue weighted by Gasteiger charge is 2.18. The van der Waals surface area contributed by atoms with Crippen LogP contribution in [0.4, 0.5) is 4.39 Å². The third-order valence-electron chi connectivity index (χ3n) is 3.69. The van der Waals surface area contributed by atoms with Gasteiger partial charge in [-0.15, -0.1) is 0 Å². The zero-order valence-electron chi connectivity index (χ0n) is 11.7. The molecule has 0 atom stereocenters. The normalized spacial score (nSPS) is 17.6. The third kappa shape index (κ3) is 3.69. The highest BCUT2D eigenvalue weighted by molar-refractivity contribution is 5.79. The van der Waals surface area contributed by atoms with Gasteiger partial charge in [0.1, 0.15) is 5.82 Å². The molecule has 3 nitrogen and oxygen atoms in total. The van der Waals surface area contributed by atoms with Gasteiger partial charge in [0.05, 0.1) is 0 Å². The molecule has 1 fully saturated rings. The number of rotatable bonds is 2. The fraction of sp³-hybridized carbons (Fsp3) is 0.533. The standard InChI is InChI=1S/C15H22FN3/c1-12-7-9-19(10-8-12)15(17-2)18-11-13-5-3-4-6-14(13)16/h3-6,12H,7-11H2,1-2H3,(H,17,18). The van der Waals surface area contributed by atoms with Gasteiger partial charge in [-0.25, -0.2) is 4.39 Å². The van der Waals surface area contributed by atoms with Crippen molar-refractivity contribution >= 4 is 5.96 Å². The Labute approximate surface area is 114 Å². The predicted octanol–water partition coefficient (Wildman–Crippen LogP) is 2.63. The lowest BCUT2D eigenvalue weighted by molar-refractivity contribution is 0.273. The van der Waals surface area contributed by atoms with E-state index in [1.807, 2.05) is 6.07 Å². The van der Waals surface area contributed by atoms with Gasteiger partial charge in [0.2, 0.25) is 0 Å². The molecule has 1 aromatic carbocycles. The van der Waals surface area contributed by atoms with Crippen LogP contribution in [-0.4, -0.2) is 31.0 Å². The summed E-state index contributed by atoms with van der Waals surface area (Å²) < 4.78 is 13.5. The first-order chi connectivity index (χ1) is 9.20. The van der Waals surface area contributed by atoms with Crippen molar-refractivity contribution in [3.63, 3.8) is 0 Å². The van der Waals surface area contributed by atoms with Crippen LogP contribution in [0.2, 0.25) is 0 Å². The van der Waals surface area contributed by atoms with E-state index in [4.69, 9.17) is 0 Å². The molecule has 1 heterocycles. The SMILES string of the molecule is CN=C(NCc1ccccc1F)N1CCC(C)CC1. The molecule has 4 heteroatoms. The molecule has 104 valence electrons. The van der Waals surface area contributed by atoms with Crippen LogP contribution < -0.4 is 5.32 Å². The van der Waals surface area contributed by atoms with Crippen LogP contribution in [0.3, 0.4) is 0 Å². The summed E-state index contributed by atoms with van der Waals surface area (Å²) in [6.45, 7) is 4.81. The van der Waals surface area contributed by atoms with Crippen molar-refractivity contribution in [1.29, 1.82) is 0 Å². The molecule has 0 saturated carbocycles. The van der Waals surface area contributed by atoms with E-state index in [1.165, 1.54) is 18.9 Å². The Kier molecular flexibility index (Phi) is 4.77. The second kappa shape index (κ2) is 6.55. The Hall–Kier alpha value is -1.58. The van der Waals surface area contributed by atoms with Crippen LogP contribution in [0.1, 0.15) is 25.3 Å². The van der Waals surface area contributed by atoms with Crippen LogP contribution in [-0.2, 0) is 6.54 Å². The van der Waals surface area contributed by atoms with Gasteiger partial charge in [-0.3, -0.25) is 4.99 Å². The van der Waals surface area contributed by atoms with Gasteiger partial charge in [0.25, 0.3) is 0 Å². The van der Waals surface area contributed by atoms with Crippen LogP contribution in [0.5, 0.6) is 0 Å². The molecule has 1 aliphatic rings. The summed E-state index contributed by atoms with van der Waals surface area (Å²) in [5.74, 6) is 1.49. The largest absolute Gasteiger partial charge is 0.352 e. The first-order valence-electron chi connectivity index (χ1n) is 6.89. The van der Waals surface area contributed by atoms with E-state index in [-0.39, 0.29) is 5.82 Å². The van der Waals surface area contributed by atoms with Crippen LogP contribution in [0.15, 0.2) is 29.3 Å². The van der Waals surface area contributed by atoms with Crippen LogP contribution >= 0.6 is 0 Å². The maximum atomic E-state index is 13.5. The van der Waals surface area contributed by atoms with Crippen molar-refractivity contribution in [1.82, 2.24) is 10.2 Å². The van der Waals surface area contributed by atoms with E-state index in [2.05, 4.69) is 22.1 Å². The molecule has 0 aliphatic carbocycles. The molecule has 1 saturated heterocycles. The Balaban J connectivity index is 1.92. The molecule has 1 aliphatic heterocycles. The predicted molar refractivity (Wildman–Crippen MR) is 76.6 cm³/mol. The maximum Gasteiger partial charge on any atom is 0.193 e. The summed E-state index contributed by atoms with van der Waals surface area (Å²) in [4.78, 5) is 6.54. The van der Waals surface area contributed by atoms with Crippen molar-refractivity contribution in [3.8, 4) is 0 Å². The second-order valence-corrected chi connectivity index (χ2v) is 5.16. The number of nitrogens with one attached hydrogen (secondary N) is 1. The van der Waals surface area contributed by atoms with Crippen molar-refractivity contribution in [2.45, 2.75) is 26.3 Å². The van der Waals surface area contributed by atoms with E-state index in [0.29, 0.717) is 12.1 Å². The van der Waals surface area contributed by atoms with Crippen molar-refractivity contribution < 1.29 is 4.39 Å². The topological polar surface area (TPSA) is 27.6 Å². The Morgan fingerprint density at radius 1 is 1.37 bits per heavy atom. The molecule has 0 spiro atoms. The van der Waals surface area contributed by atoms with E-state index in [1.54, 1.807) is 19.2 Å². The van der Waals surface area contributed by atoms with Gasteiger partial charge in [-0.05, 0) is 24.8 Å². The number of benzene rings is 1. The molecule has 1 aromatic rings. The molecule has 0 aromatic heterocycles. The fourth-order valence-corrected chi connectivity index (χ4v) is 2.37. The number of guanidine groups is 1. The van der Waals surface area contributed by atoms with E-state index in [0.717, 1.165) is 25.0 Å². The zero-order valence-corrected chi connectivity index (χ0v) is 11.7. The van der Waals surface area contributed by atoms with E-state index in [9.17, 15) is 4.39 Å². The molecule has 0 amide bonds. The minimum absolute atomic E-state index is 0.169. The number of hydrogen-bond donors (Lipinski definition) is 1. The fourth-order valence-electron chi connectivity index (χ4n) is 2.37. The molecule has 2 rings (SSSR count). The summed E-state index contributed by atoms with van der Waals surface area (Å²) >= 11 is 0. The highest BCUT2D eigenvalue weighted by atomic mass is 19.1. The van der Waals surface area contributed by atoms with Crippen LogP contribution in [0.25, 0.3) is 0 Å². The van der Waals surface area contributed by atoms with Gasteiger partial charge in [-0.2, -0.15) is 0 Å². The second-order valence-electron chi connectivity index (χ2n) is 5.16. The smallest absolute Gasteiger partial charge is 0.193 e. The summed E-state index contributed by atoms with van der Waals surface area (Å²) in [5.41, 5.74) is 0.675. The van der Waals surface area contributed by atoms with Gasteiger partial charge in [0, 0.05) is 32.2 Å². The average Bonchev–Trinajstić information content (AvgIpc) is 2.43. The molecular formula is C15H22FN3. The molecule has 1 N–H and O–H groups in total. The molecule has 0 radical (unpaired) electrons. The lowest BCUT2D eigenvalue weighted by Crippen LogP contribution is -2.45. The quantitative estimate of drug-likeness (QED) is 0.656. The minimum atomic E-state index is -0.169. The summed E-state index contributed by atoms with van der Waals surface area (Å²) in [6.07, 6.45) is 2.39. The number of likely N-dealkylation sites (tertiary alicyclic amines) is 1. The van der Waals surface area contributed by atoms with Crippen molar-refractivity contribution in [3.05, 3.63) is 35.6 Å². The van der Waals surface area contributed by atoms with Gasteiger partial charge in [0.15, 0.2) is 5.96 Å². The minimum Gasteiger partial charge on any atom is -0.352 e. The van der Waals surface area contributed by atoms with Crippen molar-refractivity contribution in [2.24, 2.45) is 10.9 Å². The zero-order chi connectivity index (χ0) is 13.7. The first-order valence-corrected chi connectivity index (χ1v) is 6.89. The molecular weight excluding hydrogens is 241 g/mol. The molecule has 19 heavy (non-hydrogen) atoms. The Bertz CT molecular complexity index is 437. The lowest BCUT2D eigenvalue weighted by Gasteiger charge is -2.32. The average molecular weight is 263 g/mol. The van der Waals surface area contributed by atoms with Gasteiger partial charge in [-0.1, -0.05) is 25.1 Å². The van der Waals surface area contributed by atoms with E-state index >= 15 is 0 Å². The van der Waals surface area contributed by atoms with Crippen LogP contribution in [0, 0.1) is 11.7 Å². The molecule has 0 bridgehead atoms. The highest BCUT2D eigenvalue weighted by Crippen LogP contribution is 2.16. The third-order valence-corrected chi connectivity index (χ3v) is 3.69. The van der Waals surface area contributed by atoms with Crippen molar-refractivity contribution in [2.75, 3.05) is 20.1 Å². The summed E-state index contributed by atoms with van der Waals surface area (Å²) in [7, 11) is 1.78. The van der Waals surface area contributed by atoms with E-state index < -0.39 is 0 Å². The monoisotopic (exact) mass is 263 g/mol. The summed E-state index contributed by atoms with van der Waals surface area (Å²) in [5, 5.41) is 3.25. The summed E-state index contributed by atoms with van der Waals surface area (Å²) in [6, 6.07) is 6.85. The number of hydrogen-bond acceptors (Lipinski definition) is 1. The first kappa shape index (κ1) is 13.8. The number of piperidine rings is 1. The maximum absolute atomic E-state index is 13.5. The number of nitrogens with zero attached hydrogens (tertiary/aromatic N) is 2. The Morgan fingerprint density at radius 2 is 2.05 bits per heavy atom. The van der Waals surface area contributed by atoms with Gasteiger partial charge >= 0.3 is 0 Å². The van der Waals surface area contributed by atoms with Gasteiger partial charge < -0.3 is 10.2 Å².